The van der Waals surface area contributed by atoms with E-state index in [0.29, 0.717) is 23.5 Å². The maximum atomic E-state index is 12.3. The molecule has 0 radical (unpaired) electrons. The monoisotopic (exact) mass is 326 g/mol. The molecule has 5 heteroatoms. The van der Waals surface area contributed by atoms with Gasteiger partial charge in [-0.25, -0.2) is 0 Å². The first-order valence-corrected chi connectivity index (χ1v) is 8.01. The Labute approximate surface area is 142 Å². The maximum Gasteiger partial charge on any atom is 0.273 e. The van der Waals surface area contributed by atoms with Crippen LogP contribution >= 0.6 is 0 Å². The first-order valence-electron chi connectivity index (χ1n) is 8.01. The second-order valence-corrected chi connectivity index (χ2v) is 5.42. The van der Waals surface area contributed by atoms with Crippen LogP contribution in [0.15, 0.2) is 48.5 Å². The first-order chi connectivity index (χ1) is 11.6. The Kier molecular flexibility index (Phi) is 6.37. The molecule has 0 aliphatic rings. The van der Waals surface area contributed by atoms with E-state index in [4.69, 9.17) is 4.74 Å². The summed E-state index contributed by atoms with van der Waals surface area (Å²) >= 11 is 0. The molecule has 2 aromatic rings. The van der Waals surface area contributed by atoms with Gasteiger partial charge in [0.2, 0.25) is 0 Å². The fraction of sp³-hybridized carbons (Fsp3) is 0.263. The highest BCUT2D eigenvalue weighted by Gasteiger charge is 2.14. The second kappa shape index (κ2) is 8.72. The van der Waals surface area contributed by atoms with Crippen molar-refractivity contribution in [1.82, 2.24) is 10.9 Å². The summed E-state index contributed by atoms with van der Waals surface area (Å²) in [7, 11) is 0. The van der Waals surface area contributed by atoms with Gasteiger partial charge in [-0.3, -0.25) is 20.4 Å². The van der Waals surface area contributed by atoms with E-state index in [1.165, 1.54) is 0 Å². The molecular weight excluding hydrogens is 304 g/mol. The number of aryl methyl sites for hydroxylation is 1. The van der Waals surface area contributed by atoms with E-state index in [9.17, 15) is 9.59 Å². The van der Waals surface area contributed by atoms with E-state index in [1.54, 1.807) is 30.3 Å². The molecule has 2 aromatic carbocycles. The van der Waals surface area contributed by atoms with Crippen molar-refractivity contribution in [2.24, 2.45) is 0 Å². The molecule has 0 aromatic heterocycles. The number of para-hydroxylation sites is 1. The van der Waals surface area contributed by atoms with Crippen molar-refractivity contribution in [3.05, 3.63) is 65.2 Å². The van der Waals surface area contributed by atoms with Crippen LogP contribution in [0.4, 0.5) is 0 Å². The van der Waals surface area contributed by atoms with Crippen LogP contribution in [0.3, 0.4) is 0 Å². The Morgan fingerprint density at radius 3 is 2.17 bits per heavy atom. The van der Waals surface area contributed by atoms with Crippen LogP contribution in [-0.2, 0) is 0 Å². The fourth-order valence-corrected chi connectivity index (χ4v) is 2.18. The van der Waals surface area contributed by atoms with Crippen molar-refractivity contribution < 1.29 is 14.3 Å². The van der Waals surface area contributed by atoms with Crippen molar-refractivity contribution in [1.29, 1.82) is 0 Å². The van der Waals surface area contributed by atoms with Crippen LogP contribution in [0.1, 0.15) is 46.0 Å². The zero-order chi connectivity index (χ0) is 17.4. The van der Waals surface area contributed by atoms with Crippen molar-refractivity contribution in [3.8, 4) is 5.75 Å². The summed E-state index contributed by atoms with van der Waals surface area (Å²) in [5.74, 6) is -0.261. The SMILES string of the molecule is CCCCOc1ccccc1C(=O)NNC(=O)c1ccccc1C. The molecule has 0 unspecified atom stereocenters. The Hall–Kier alpha value is -2.82. The molecule has 24 heavy (non-hydrogen) atoms. The Morgan fingerprint density at radius 1 is 0.917 bits per heavy atom. The highest BCUT2D eigenvalue weighted by atomic mass is 16.5. The van der Waals surface area contributed by atoms with Crippen molar-refractivity contribution >= 4 is 11.8 Å². The predicted molar refractivity (Wildman–Crippen MR) is 93.0 cm³/mol. The van der Waals surface area contributed by atoms with Gasteiger partial charge in [-0.05, 0) is 37.1 Å². The number of carbonyl (C=O) groups excluding carboxylic acids is 2. The van der Waals surface area contributed by atoms with Gasteiger partial charge in [-0.1, -0.05) is 43.7 Å². The van der Waals surface area contributed by atoms with E-state index in [1.807, 2.05) is 25.1 Å². The normalized spacial score (nSPS) is 10.1. The third-order valence-corrected chi connectivity index (χ3v) is 3.57. The molecule has 2 rings (SSSR count). The van der Waals surface area contributed by atoms with Gasteiger partial charge in [0.1, 0.15) is 5.75 Å². The number of nitrogens with one attached hydrogen (secondary N) is 2. The summed E-state index contributed by atoms with van der Waals surface area (Å²) in [6.45, 7) is 4.47. The molecule has 5 nitrogen and oxygen atoms in total. The standard InChI is InChI=1S/C19H22N2O3/c1-3-4-13-24-17-12-8-7-11-16(17)19(23)21-20-18(22)15-10-6-5-9-14(15)2/h5-12H,3-4,13H2,1-2H3,(H,20,22)(H,21,23). The van der Waals surface area contributed by atoms with Crippen LogP contribution < -0.4 is 15.6 Å². The molecule has 0 aliphatic heterocycles. The lowest BCUT2D eigenvalue weighted by atomic mass is 10.1. The van der Waals surface area contributed by atoms with Crippen molar-refractivity contribution in [3.63, 3.8) is 0 Å². The molecule has 0 atom stereocenters. The largest absolute Gasteiger partial charge is 0.493 e. The zero-order valence-electron chi connectivity index (χ0n) is 14.0. The lowest BCUT2D eigenvalue weighted by molar-refractivity contribution is 0.0844. The fourth-order valence-electron chi connectivity index (χ4n) is 2.18. The minimum absolute atomic E-state index is 0.356. The predicted octanol–water partition coefficient (Wildman–Crippen LogP) is 3.25. The first kappa shape index (κ1) is 17.5. The number of rotatable bonds is 6. The number of carbonyl (C=O) groups is 2. The number of amides is 2. The minimum atomic E-state index is -0.413. The number of unbranched alkanes of at least 4 members (excludes halogenated alkanes) is 1. The van der Waals surface area contributed by atoms with Gasteiger partial charge in [-0.2, -0.15) is 0 Å². The Bertz CT molecular complexity index is 713. The van der Waals surface area contributed by atoms with Gasteiger partial charge in [-0.15, -0.1) is 0 Å². The Morgan fingerprint density at radius 2 is 1.50 bits per heavy atom. The van der Waals surface area contributed by atoms with Gasteiger partial charge in [0, 0.05) is 5.56 Å². The third kappa shape index (κ3) is 4.59. The van der Waals surface area contributed by atoms with E-state index < -0.39 is 5.91 Å². The molecule has 0 saturated carbocycles. The van der Waals surface area contributed by atoms with E-state index in [0.717, 1.165) is 18.4 Å². The molecule has 2 N–H and O–H groups in total. The number of hydrogen-bond acceptors (Lipinski definition) is 3. The van der Waals surface area contributed by atoms with Crippen molar-refractivity contribution in [2.45, 2.75) is 26.7 Å². The average Bonchev–Trinajstić information content (AvgIpc) is 2.60. The summed E-state index contributed by atoms with van der Waals surface area (Å²) in [5.41, 5.74) is 6.62. The van der Waals surface area contributed by atoms with Gasteiger partial charge >= 0.3 is 0 Å². The van der Waals surface area contributed by atoms with Gasteiger partial charge < -0.3 is 4.74 Å². The molecule has 2 amide bonds. The molecule has 0 spiro atoms. The molecule has 0 heterocycles. The highest BCUT2D eigenvalue weighted by molar-refractivity contribution is 6.00. The molecule has 0 saturated heterocycles. The van der Waals surface area contributed by atoms with Crippen LogP contribution in [0.25, 0.3) is 0 Å². The Balaban J connectivity index is 2.00. The molecular formula is C19H22N2O3. The van der Waals surface area contributed by atoms with Crippen LogP contribution in [0.2, 0.25) is 0 Å². The quantitative estimate of drug-likeness (QED) is 0.632. The summed E-state index contributed by atoms with van der Waals surface area (Å²) in [4.78, 5) is 24.5. The second-order valence-electron chi connectivity index (χ2n) is 5.42. The van der Waals surface area contributed by atoms with Gasteiger partial charge in [0.25, 0.3) is 11.8 Å². The lowest BCUT2D eigenvalue weighted by Crippen LogP contribution is -2.42. The summed E-state index contributed by atoms with van der Waals surface area (Å²) in [6, 6.07) is 14.2. The zero-order valence-corrected chi connectivity index (χ0v) is 14.0. The highest BCUT2D eigenvalue weighted by Crippen LogP contribution is 2.18. The van der Waals surface area contributed by atoms with Gasteiger partial charge in [0.15, 0.2) is 0 Å². The van der Waals surface area contributed by atoms with Crippen LogP contribution in [0.5, 0.6) is 5.75 Å². The van der Waals surface area contributed by atoms with Crippen LogP contribution in [-0.4, -0.2) is 18.4 Å². The lowest BCUT2D eigenvalue weighted by Gasteiger charge is -2.12. The average molecular weight is 326 g/mol. The van der Waals surface area contributed by atoms with E-state index in [2.05, 4.69) is 17.8 Å². The molecule has 0 aliphatic carbocycles. The number of benzene rings is 2. The molecule has 0 bridgehead atoms. The topological polar surface area (TPSA) is 67.4 Å². The molecule has 126 valence electrons. The maximum absolute atomic E-state index is 12.3. The number of hydrogen-bond donors (Lipinski definition) is 2. The summed E-state index contributed by atoms with van der Waals surface area (Å²) in [6.07, 6.45) is 1.93. The van der Waals surface area contributed by atoms with Crippen molar-refractivity contribution in [2.75, 3.05) is 6.61 Å². The minimum Gasteiger partial charge on any atom is -0.493 e. The number of hydrazine groups is 1. The van der Waals surface area contributed by atoms with E-state index in [-0.39, 0.29) is 5.91 Å². The third-order valence-electron chi connectivity index (χ3n) is 3.57. The molecule has 0 fully saturated rings. The van der Waals surface area contributed by atoms with E-state index >= 15 is 0 Å². The summed E-state index contributed by atoms with van der Waals surface area (Å²) < 4.78 is 5.64. The van der Waals surface area contributed by atoms with Gasteiger partial charge in [0.05, 0.1) is 12.2 Å². The smallest absolute Gasteiger partial charge is 0.273 e. The summed E-state index contributed by atoms with van der Waals surface area (Å²) in [5, 5.41) is 0. The number of ether oxygens (including phenoxy) is 1. The van der Waals surface area contributed by atoms with Crippen LogP contribution in [0, 0.1) is 6.92 Å².